The second-order valence-corrected chi connectivity index (χ2v) is 9.00. The van der Waals surface area contributed by atoms with Crippen molar-refractivity contribution in [3.63, 3.8) is 0 Å². The minimum Gasteiger partial charge on any atom is -0.478 e. The predicted molar refractivity (Wildman–Crippen MR) is 127 cm³/mol. The Hall–Kier alpha value is -3.43. The standard InChI is InChI=1S/C28H27NO2/c1-28(2,3)23-11-7-18(8-12-23)25-6-4-5-19-15-20(9-14-26(19)25)24-13-10-21(27(30)31)16-22(24)17-29/h4-16H,17,29H2,1-3H3,(H,30,31)/p+1. The van der Waals surface area contributed by atoms with Crippen molar-refractivity contribution in [3.05, 3.63) is 95.6 Å². The monoisotopic (exact) mass is 410 g/mol. The summed E-state index contributed by atoms with van der Waals surface area (Å²) in [5, 5.41) is 11.6. The number of carboxylic acid groups (broad SMARTS) is 1. The molecule has 3 nitrogen and oxygen atoms in total. The molecule has 0 bridgehead atoms. The van der Waals surface area contributed by atoms with Gasteiger partial charge in [0.2, 0.25) is 0 Å². The van der Waals surface area contributed by atoms with E-state index >= 15 is 0 Å². The van der Waals surface area contributed by atoms with E-state index in [0.717, 1.165) is 22.1 Å². The summed E-state index contributed by atoms with van der Waals surface area (Å²) in [4.78, 5) is 11.3. The van der Waals surface area contributed by atoms with Crippen LogP contribution in [0.4, 0.5) is 0 Å². The van der Waals surface area contributed by atoms with Crippen LogP contribution in [0.15, 0.2) is 78.9 Å². The molecule has 0 saturated carbocycles. The highest BCUT2D eigenvalue weighted by Crippen LogP contribution is 2.34. The van der Waals surface area contributed by atoms with Crippen molar-refractivity contribution in [2.45, 2.75) is 32.7 Å². The number of benzene rings is 4. The Morgan fingerprint density at radius 2 is 1.55 bits per heavy atom. The summed E-state index contributed by atoms with van der Waals surface area (Å²) < 4.78 is 0. The van der Waals surface area contributed by atoms with E-state index in [2.05, 4.69) is 87.2 Å². The van der Waals surface area contributed by atoms with Gasteiger partial charge in [-0.1, -0.05) is 81.4 Å². The highest BCUT2D eigenvalue weighted by atomic mass is 16.4. The molecule has 0 aliphatic rings. The molecule has 0 heterocycles. The summed E-state index contributed by atoms with van der Waals surface area (Å²) in [6, 6.07) is 26.9. The summed E-state index contributed by atoms with van der Waals surface area (Å²) in [5.74, 6) is -0.915. The van der Waals surface area contributed by atoms with Gasteiger partial charge in [0.05, 0.1) is 5.56 Å². The molecule has 31 heavy (non-hydrogen) atoms. The fourth-order valence-electron chi connectivity index (χ4n) is 4.07. The van der Waals surface area contributed by atoms with E-state index in [4.69, 9.17) is 0 Å². The number of fused-ring (bicyclic) bond motifs is 1. The lowest BCUT2D eigenvalue weighted by atomic mass is 9.86. The molecule has 4 N–H and O–H groups in total. The Balaban J connectivity index is 1.78. The first kappa shape index (κ1) is 20.8. The molecule has 0 aliphatic heterocycles. The Morgan fingerprint density at radius 3 is 2.19 bits per heavy atom. The molecular weight excluding hydrogens is 382 g/mol. The van der Waals surface area contributed by atoms with Gasteiger partial charge in [-0.25, -0.2) is 4.79 Å². The van der Waals surface area contributed by atoms with Crippen LogP contribution in [0.25, 0.3) is 33.0 Å². The van der Waals surface area contributed by atoms with Crippen LogP contribution in [0.1, 0.15) is 42.3 Å². The number of hydrogen-bond donors (Lipinski definition) is 2. The van der Waals surface area contributed by atoms with Crippen molar-refractivity contribution < 1.29 is 15.6 Å². The van der Waals surface area contributed by atoms with Crippen LogP contribution < -0.4 is 5.73 Å². The number of aromatic carboxylic acids is 1. The van der Waals surface area contributed by atoms with Gasteiger partial charge in [0.1, 0.15) is 6.54 Å². The number of carboxylic acids is 1. The van der Waals surface area contributed by atoms with Crippen LogP contribution in [0.3, 0.4) is 0 Å². The maximum atomic E-state index is 11.3. The lowest BCUT2D eigenvalue weighted by molar-refractivity contribution is -0.386. The van der Waals surface area contributed by atoms with Gasteiger partial charge in [0.15, 0.2) is 0 Å². The van der Waals surface area contributed by atoms with Crippen LogP contribution in [-0.4, -0.2) is 11.1 Å². The van der Waals surface area contributed by atoms with Crippen LogP contribution in [-0.2, 0) is 12.0 Å². The lowest BCUT2D eigenvalue weighted by Crippen LogP contribution is -2.47. The molecule has 0 aliphatic carbocycles. The van der Waals surface area contributed by atoms with E-state index in [1.54, 1.807) is 12.1 Å². The van der Waals surface area contributed by atoms with Gasteiger partial charge in [-0.3, -0.25) is 0 Å². The molecule has 0 amide bonds. The van der Waals surface area contributed by atoms with Crippen molar-refractivity contribution in [2.75, 3.05) is 0 Å². The van der Waals surface area contributed by atoms with E-state index in [0.29, 0.717) is 12.1 Å². The Morgan fingerprint density at radius 1 is 0.839 bits per heavy atom. The van der Waals surface area contributed by atoms with Crippen molar-refractivity contribution >= 4 is 16.7 Å². The fourth-order valence-corrected chi connectivity index (χ4v) is 4.07. The van der Waals surface area contributed by atoms with Crippen molar-refractivity contribution in [1.82, 2.24) is 0 Å². The predicted octanol–water partition coefficient (Wildman–Crippen LogP) is 5.91. The summed E-state index contributed by atoms with van der Waals surface area (Å²) in [6.45, 7) is 7.22. The molecule has 0 saturated heterocycles. The third kappa shape index (κ3) is 4.10. The van der Waals surface area contributed by atoms with Crippen molar-refractivity contribution in [2.24, 2.45) is 0 Å². The van der Waals surface area contributed by atoms with Gasteiger partial charge < -0.3 is 10.8 Å². The molecule has 0 fully saturated rings. The van der Waals surface area contributed by atoms with E-state index in [1.807, 2.05) is 6.07 Å². The third-order valence-corrected chi connectivity index (χ3v) is 5.87. The maximum absolute atomic E-state index is 11.3. The minimum absolute atomic E-state index is 0.133. The average molecular weight is 411 g/mol. The lowest BCUT2D eigenvalue weighted by Gasteiger charge is -2.19. The van der Waals surface area contributed by atoms with Crippen molar-refractivity contribution in [1.29, 1.82) is 0 Å². The molecular formula is C28H28NO2+. The van der Waals surface area contributed by atoms with Gasteiger partial charge in [0.25, 0.3) is 0 Å². The Kier molecular flexibility index (Phi) is 5.38. The molecule has 0 spiro atoms. The molecule has 4 rings (SSSR count). The van der Waals surface area contributed by atoms with Gasteiger partial charge in [-0.15, -0.1) is 0 Å². The first-order chi connectivity index (χ1) is 14.8. The summed E-state index contributed by atoms with van der Waals surface area (Å²) >= 11 is 0. The van der Waals surface area contributed by atoms with E-state index < -0.39 is 5.97 Å². The highest BCUT2D eigenvalue weighted by Gasteiger charge is 2.14. The second kappa shape index (κ2) is 8.01. The number of carbonyl (C=O) groups is 1. The van der Waals surface area contributed by atoms with Gasteiger partial charge in [-0.05, 0) is 62.2 Å². The third-order valence-electron chi connectivity index (χ3n) is 5.87. The Bertz CT molecular complexity index is 1260. The zero-order valence-electron chi connectivity index (χ0n) is 18.3. The van der Waals surface area contributed by atoms with Gasteiger partial charge in [-0.2, -0.15) is 0 Å². The first-order valence-corrected chi connectivity index (χ1v) is 10.6. The normalized spacial score (nSPS) is 11.6. The Labute approximate surface area is 183 Å². The maximum Gasteiger partial charge on any atom is 0.335 e. The summed E-state index contributed by atoms with van der Waals surface area (Å²) in [6.07, 6.45) is 0. The quantitative estimate of drug-likeness (QED) is 0.439. The van der Waals surface area contributed by atoms with Crippen LogP contribution in [0, 0.1) is 0 Å². The second-order valence-electron chi connectivity index (χ2n) is 9.00. The van der Waals surface area contributed by atoms with E-state index in [9.17, 15) is 9.90 Å². The van der Waals surface area contributed by atoms with E-state index in [1.165, 1.54) is 22.1 Å². The largest absolute Gasteiger partial charge is 0.478 e. The van der Waals surface area contributed by atoms with Crippen LogP contribution in [0.5, 0.6) is 0 Å². The topological polar surface area (TPSA) is 64.9 Å². The summed E-state index contributed by atoms with van der Waals surface area (Å²) in [7, 11) is 0. The molecule has 4 aromatic rings. The van der Waals surface area contributed by atoms with E-state index in [-0.39, 0.29) is 5.41 Å². The average Bonchev–Trinajstić information content (AvgIpc) is 2.77. The first-order valence-electron chi connectivity index (χ1n) is 10.6. The molecule has 0 aromatic heterocycles. The van der Waals surface area contributed by atoms with Crippen LogP contribution >= 0.6 is 0 Å². The summed E-state index contributed by atoms with van der Waals surface area (Å²) in [5.41, 5.74) is 11.2. The van der Waals surface area contributed by atoms with Gasteiger partial charge >= 0.3 is 5.97 Å². The highest BCUT2D eigenvalue weighted by molar-refractivity contribution is 5.99. The minimum atomic E-state index is -0.915. The zero-order chi connectivity index (χ0) is 22.2. The molecule has 0 atom stereocenters. The molecule has 4 aromatic carbocycles. The smallest absolute Gasteiger partial charge is 0.335 e. The van der Waals surface area contributed by atoms with Crippen molar-refractivity contribution in [3.8, 4) is 22.3 Å². The molecule has 156 valence electrons. The number of hydrogen-bond acceptors (Lipinski definition) is 1. The molecule has 3 heteroatoms. The molecule has 0 unspecified atom stereocenters. The SMILES string of the molecule is CC(C)(C)c1ccc(-c2cccc3cc(-c4ccc(C(=O)O)cc4C[NH3+])ccc23)cc1. The number of quaternary nitrogens is 1. The molecule has 0 radical (unpaired) electrons. The number of rotatable bonds is 4. The van der Waals surface area contributed by atoms with Gasteiger partial charge in [0, 0.05) is 5.56 Å². The zero-order valence-corrected chi connectivity index (χ0v) is 18.3. The van der Waals surface area contributed by atoms with Crippen LogP contribution in [0.2, 0.25) is 0 Å². The fraction of sp³-hybridized carbons (Fsp3) is 0.179.